The second-order valence-corrected chi connectivity index (χ2v) is 4.72. The van der Waals surface area contributed by atoms with Crippen LogP contribution in [-0.2, 0) is 0 Å². The fourth-order valence-electron chi connectivity index (χ4n) is 1.57. The summed E-state index contributed by atoms with van der Waals surface area (Å²) in [6.45, 7) is 8.55. The highest BCUT2D eigenvalue weighted by Gasteiger charge is 2.17. The molecule has 0 amide bonds. The zero-order valence-corrected chi connectivity index (χ0v) is 9.56. The molecule has 0 fully saturated rings. The maximum absolute atomic E-state index is 5.41. The third-order valence-electron chi connectivity index (χ3n) is 1.91. The van der Waals surface area contributed by atoms with Gasteiger partial charge in [-0.15, -0.1) is 0 Å². The maximum Gasteiger partial charge on any atom is 0.00387 e. The lowest BCUT2D eigenvalue weighted by molar-refractivity contribution is 0.233. The van der Waals surface area contributed by atoms with E-state index in [2.05, 4.69) is 38.2 Å². The van der Waals surface area contributed by atoms with Gasteiger partial charge in [0.15, 0.2) is 0 Å². The molecule has 3 N–H and O–H groups in total. The fourth-order valence-corrected chi connectivity index (χ4v) is 1.57. The van der Waals surface area contributed by atoms with E-state index in [0.29, 0.717) is 5.41 Å². The van der Waals surface area contributed by atoms with E-state index < -0.39 is 0 Å². The van der Waals surface area contributed by atoms with Crippen molar-refractivity contribution in [3.05, 3.63) is 0 Å². The molecule has 0 radical (unpaired) electrons. The predicted octanol–water partition coefficient (Wildman–Crippen LogP) is 0.513. The molecule has 0 saturated carbocycles. The summed E-state index contributed by atoms with van der Waals surface area (Å²) in [7, 11) is 4.23. The van der Waals surface area contributed by atoms with Gasteiger partial charge >= 0.3 is 0 Å². The number of nitrogens with one attached hydrogen (secondary N) is 1. The molecule has 0 heterocycles. The summed E-state index contributed by atoms with van der Waals surface area (Å²) in [6, 6.07) is 0. The van der Waals surface area contributed by atoms with Gasteiger partial charge in [-0.3, -0.25) is 0 Å². The molecule has 0 rings (SSSR count). The van der Waals surface area contributed by atoms with Crippen LogP contribution in [0.15, 0.2) is 0 Å². The first-order valence-corrected chi connectivity index (χ1v) is 5.03. The van der Waals surface area contributed by atoms with Crippen molar-refractivity contribution in [3.63, 3.8) is 0 Å². The quantitative estimate of drug-likeness (QED) is 0.571. The van der Waals surface area contributed by atoms with E-state index in [1.165, 1.54) is 0 Å². The fraction of sp³-hybridized carbons (Fsp3) is 1.00. The molecule has 0 aliphatic heterocycles. The Labute approximate surface area is 82.7 Å². The summed E-state index contributed by atoms with van der Waals surface area (Å²) in [5.74, 6) is 0. The Bertz CT molecular complexity index is 121. The molecule has 0 aromatic heterocycles. The first-order valence-electron chi connectivity index (χ1n) is 5.03. The summed E-state index contributed by atoms with van der Waals surface area (Å²) in [5, 5.41) is 3.43. The van der Waals surface area contributed by atoms with Gasteiger partial charge in [0.1, 0.15) is 0 Å². The molecular formula is C10H25N3. The molecule has 0 aromatic rings. The summed E-state index contributed by atoms with van der Waals surface area (Å²) in [6.07, 6.45) is 1.07. The topological polar surface area (TPSA) is 41.3 Å². The molecule has 0 spiro atoms. The molecule has 80 valence electrons. The molecule has 0 unspecified atom stereocenters. The highest BCUT2D eigenvalue weighted by atomic mass is 15.1. The number of rotatable bonds is 7. The molecular weight excluding hydrogens is 162 g/mol. The van der Waals surface area contributed by atoms with Crippen molar-refractivity contribution >= 4 is 0 Å². The Balaban J connectivity index is 3.50. The Morgan fingerprint density at radius 3 is 2.38 bits per heavy atom. The van der Waals surface area contributed by atoms with Crippen LogP contribution in [0.5, 0.6) is 0 Å². The van der Waals surface area contributed by atoms with Crippen LogP contribution in [0.3, 0.4) is 0 Å². The third kappa shape index (κ3) is 8.22. The Hall–Kier alpha value is -0.120. The zero-order valence-electron chi connectivity index (χ0n) is 9.56. The Kier molecular flexibility index (Phi) is 6.29. The van der Waals surface area contributed by atoms with Crippen LogP contribution in [0.4, 0.5) is 0 Å². The van der Waals surface area contributed by atoms with Crippen molar-refractivity contribution in [1.29, 1.82) is 0 Å². The summed E-state index contributed by atoms with van der Waals surface area (Å²) < 4.78 is 0. The van der Waals surface area contributed by atoms with E-state index in [1.54, 1.807) is 0 Å². The largest absolute Gasteiger partial charge is 0.330 e. The molecule has 0 aliphatic rings. The van der Waals surface area contributed by atoms with Crippen LogP contribution in [0, 0.1) is 5.41 Å². The smallest absolute Gasteiger partial charge is 0.00387 e. The average molecular weight is 187 g/mol. The number of nitrogens with two attached hydrogens (primary N) is 1. The van der Waals surface area contributed by atoms with E-state index in [9.17, 15) is 0 Å². The van der Waals surface area contributed by atoms with Crippen LogP contribution in [0.2, 0.25) is 0 Å². The normalized spacial score (nSPS) is 12.5. The van der Waals surface area contributed by atoms with Gasteiger partial charge in [-0.2, -0.15) is 0 Å². The molecule has 3 nitrogen and oxygen atoms in total. The average Bonchev–Trinajstić information content (AvgIpc) is 1.95. The summed E-state index contributed by atoms with van der Waals surface area (Å²) in [4.78, 5) is 2.23. The number of hydrogen-bond acceptors (Lipinski definition) is 3. The van der Waals surface area contributed by atoms with Gasteiger partial charge in [0.25, 0.3) is 0 Å². The van der Waals surface area contributed by atoms with E-state index >= 15 is 0 Å². The van der Waals surface area contributed by atoms with E-state index in [1.807, 2.05) is 0 Å². The van der Waals surface area contributed by atoms with Crippen molar-refractivity contribution in [2.24, 2.45) is 11.1 Å². The highest BCUT2D eigenvalue weighted by molar-refractivity contribution is 4.73. The zero-order chi connectivity index (χ0) is 10.3. The van der Waals surface area contributed by atoms with Crippen molar-refractivity contribution in [3.8, 4) is 0 Å². The van der Waals surface area contributed by atoms with Crippen LogP contribution in [0.25, 0.3) is 0 Å². The summed E-state index contributed by atoms with van der Waals surface area (Å²) in [5.41, 5.74) is 5.76. The van der Waals surface area contributed by atoms with Gasteiger partial charge in [0.05, 0.1) is 0 Å². The van der Waals surface area contributed by atoms with Gasteiger partial charge in [0, 0.05) is 13.1 Å². The van der Waals surface area contributed by atoms with Crippen molar-refractivity contribution < 1.29 is 0 Å². The van der Waals surface area contributed by atoms with E-state index in [4.69, 9.17) is 5.73 Å². The predicted molar refractivity (Wildman–Crippen MR) is 58.9 cm³/mol. The first kappa shape index (κ1) is 12.9. The lowest BCUT2D eigenvalue weighted by Gasteiger charge is -2.28. The van der Waals surface area contributed by atoms with Crippen molar-refractivity contribution in [2.75, 3.05) is 40.3 Å². The van der Waals surface area contributed by atoms with Gasteiger partial charge in [-0.25, -0.2) is 0 Å². The number of nitrogens with zero attached hydrogens (tertiary/aromatic N) is 1. The van der Waals surface area contributed by atoms with Crippen LogP contribution >= 0.6 is 0 Å². The van der Waals surface area contributed by atoms with Crippen LogP contribution < -0.4 is 11.1 Å². The molecule has 3 heteroatoms. The highest BCUT2D eigenvalue weighted by Crippen LogP contribution is 2.13. The Morgan fingerprint density at radius 2 is 1.92 bits per heavy atom. The van der Waals surface area contributed by atoms with Gasteiger partial charge in [-0.1, -0.05) is 13.8 Å². The second-order valence-electron chi connectivity index (χ2n) is 4.72. The van der Waals surface area contributed by atoms with Crippen LogP contribution in [-0.4, -0.2) is 45.2 Å². The minimum Gasteiger partial charge on any atom is -0.330 e. The maximum atomic E-state index is 5.41. The Morgan fingerprint density at radius 1 is 1.31 bits per heavy atom. The van der Waals surface area contributed by atoms with E-state index in [0.717, 1.165) is 32.6 Å². The minimum absolute atomic E-state index is 0.345. The second kappa shape index (κ2) is 6.35. The molecule has 0 aliphatic carbocycles. The van der Waals surface area contributed by atoms with Gasteiger partial charge in [-0.05, 0) is 39.0 Å². The molecule has 0 saturated heterocycles. The molecule has 13 heavy (non-hydrogen) atoms. The monoisotopic (exact) mass is 187 g/mol. The van der Waals surface area contributed by atoms with Crippen molar-refractivity contribution in [2.45, 2.75) is 20.3 Å². The van der Waals surface area contributed by atoms with Gasteiger partial charge < -0.3 is 16.0 Å². The first-order chi connectivity index (χ1) is 5.98. The summed E-state index contributed by atoms with van der Waals surface area (Å²) >= 11 is 0. The molecule has 0 aromatic carbocycles. The standard InChI is InChI=1S/C10H25N3/c1-10(2,9-13(3)4)8-12-7-5-6-11/h12H,5-9,11H2,1-4H3. The third-order valence-corrected chi connectivity index (χ3v) is 1.91. The molecule has 0 atom stereocenters. The van der Waals surface area contributed by atoms with E-state index in [-0.39, 0.29) is 0 Å². The lowest BCUT2D eigenvalue weighted by atomic mass is 9.93. The van der Waals surface area contributed by atoms with Gasteiger partial charge in [0.2, 0.25) is 0 Å². The van der Waals surface area contributed by atoms with Crippen molar-refractivity contribution in [1.82, 2.24) is 10.2 Å². The lowest BCUT2D eigenvalue weighted by Crippen LogP contribution is -2.38. The minimum atomic E-state index is 0.345. The SMILES string of the molecule is CN(C)CC(C)(C)CNCCCN. The number of hydrogen-bond donors (Lipinski definition) is 2. The van der Waals surface area contributed by atoms with Crippen LogP contribution in [0.1, 0.15) is 20.3 Å². The molecule has 0 bridgehead atoms.